The molecule has 0 aliphatic heterocycles. The summed E-state index contributed by atoms with van der Waals surface area (Å²) in [5, 5.41) is 0.709. The summed E-state index contributed by atoms with van der Waals surface area (Å²) in [7, 11) is 0. The highest BCUT2D eigenvalue weighted by Crippen LogP contribution is 2.26. The maximum Gasteiger partial charge on any atom is 0.137 e. The molecule has 0 heterocycles. The fourth-order valence-corrected chi connectivity index (χ4v) is 3.17. The number of ketones is 1. The van der Waals surface area contributed by atoms with Crippen LogP contribution in [0.15, 0.2) is 36.4 Å². The zero-order chi connectivity index (χ0) is 18.6. The van der Waals surface area contributed by atoms with E-state index in [2.05, 4.69) is 20.8 Å². The van der Waals surface area contributed by atoms with Crippen molar-refractivity contribution in [3.8, 4) is 5.75 Å². The molecule has 0 saturated carbocycles. The Labute approximate surface area is 156 Å². The molecule has 0 aliphatic carbocycles. The molecule has 2 rings (SSSR count). The summed E-state index contributed by atoms with van der Waals surface area (Å²) in [4.78, 5) is 12.3. The first-order valence-corrected chi connectivity index (χ1v) is 9.01. The van der Waals surface area contributed by atoms with Crippen molar-refractivity contribution < 1.29 is 9.53 Å². The van der Waals surface area contributed by atoms with Crippen LogP contribution in [0.2, 0.25) is 5.02 Å². The highest BCUT2D eigenvalue weighted by molar-refractivity contribution is 6.30. The number of ether oxygens (including phenoxy) is 1. The van der Waals surface area contributed by atoms with E-state index >= 15 is 0 Å². The van der Waals surface area contributed by atoms with Crippen LogP contribution >= 0.6 is 11.6 Å². The van der Waals surface area contributed by atoms with Gasteiger partial charge >= 0.3 is 0 Å². The average molecular weight is 359 g/mol. The van der Waals surface area contributed by atoms with Crippen molar-refractivity contribution in [2.24, 2.45) is 5.41 Å². The molecule has 25 heavy (non-hydrogen) atoms. The van der Waals surface area contributed by atoms with Crippen LogP contribution in [0.25, 0.3) is 0 Å². The van der Waals surface area contributed by atoms with Gasteiger partial charge in [0.05, 0.1) is 0 Å². The number of carbonyl (C=O) groups excluding carboxylic acids is 1. The number of Topliss-reactive ketones (excluding diaryl/α,β-unsaturated/α-hetero) is 1. The maximum atomic E-state index is 12.3. The minimum atomic E-state index is 0.0267. The van der Waals surface area contributed by atoms with Gasteiger partial charge in [0.15, 0.2) is 0 Å². The number of benzene rings is 2. The Morgan fingerprint density at radius 1 is 1.08 bits per heavy atom. The van der Waals surface area contributed by atoms with Gasteiger partial charge in [-0.15, -0.1) is 0 Å². The second-order valence-corrected chi connectivity index (χ2v) is 8.34. The first kappa shape index (κ1) is 19.5. The lowest BCUT2D eigenvalue weighted by atomic mass is 9.87. The molecule has 0 spiro atoms. The predicted molar refractivity (Wildman–Crippen MR) is 104 cm³/mol. The van der Waals surface area contributed by atoms with E-state index in [0.717, 1.165) is 28.0 Å². The first-order chi connectivity index (χ1) is 11.6. The predicted octanol–water partition coefficient (Wildman–Crippen LogP) is 6.08. The Morgan fingerprint density at radius 3 is 2.28 bits per heavy atom. The second kappa shape index (κ2) is 8.05. The van der Waals surface area contributed by atoms with Crippen molar-refractivity contribution in [1.82, 2.24) is 0 Å². The van der Waals surface area contributed by atoms with E-state index in [1.54, 1.807) is 0 Å². The number of carbonyl (C=O) groups is 1. The minimum absolute atomic E-state index is 0.0267. The summed E-state index contributed by atoms with van der Waals surface area (Å²) in [6, 6.07) is 11.7. The summed E-state index contributed by atoms with van der Waals surface area (Å²) in [6.07, 6.45) is 1.09. The molecule has 0 saturated heterocycles. The minimum Gasteiger partial charge on any atom is -0.489 e. The molecule has 0 aromatic heterocycles. The molecule has 0 N–H and O–H groups in total. The van der Waals surface area contributed by atoms with E-state index in [0.29, 0.717) is 24.5 Å². The van der Waals surface area contributed by atoms with Crippen LogP contribution in [0.5, 0.6) is 5.75 Å². The Hall–Kier alpha value is -1.80. The highest BCUT2D eigenvalue weighted by atomic mass is 35.5. The van der Waals surface area contributed by atoms with Crippen molar-refractivity contribution in [3.05, 3.63) is 63.7 Å². The topological polar surface area (TPSA) is 26.3 Å². The molecule has 2 nitrogen and oxygen atoms in total. The molecule has 0 atom stereocenters. The third kappa shape index (κ3) is 6.21. The summed E-state index contributed by atoms with van der Waals surface area (Å²) in [5.41, 5.74) is 4.38. The van der Waals surface area contributed by atoms with Gasteiger partial charge in [-0.2, -0.15) is 0 Å². The molecular weight excluding hydrogens is 332 g/mol. The normalized spacial score (nSPS) is 11.4. The fraction of sp³-hybridized carbons (Fsp3) is 0.409. The second-order valence-electron chi connectivity index (χ2n) is 7.91. The Kier molecular flexibility index (Phi) is 6.29. The van der Waals surface area contributed by atoms with Crippen LogP contribution < -0.4 is 4.74 Å². The van der Waals surface area contributed by atoms with Gasteiger partial charge in [0.25, 0.3) is 0 Å². The van der Waals surface area contributed by atoms with Gasteiger partial charge in [-0.05, 0) is 65.8 Å². The molecular formula is C22H27ClO2. The lowest BCUT2D eigenvalue weighted by molar-refractivity contribution is -0.120. The SMILES string of the molecule is Cc1cc(OCc2cccc(Cl)c2)cc(C)c1CC(=O)CC(C)(C)C. The molecule has 0 amide bonds. The van der Waals surface area contributed by atoms with E-state index < -0.39 is 0 Å². The van der Waals surface area contributed by atoms with Gasteiger partial charge in [-0.1, -0.05) is 44.5 Å². The summed E-state index contributed by atoms with van der Waals surface area (Å²) in [6.45, 7) is 10.8. The zero-order valence-electron chi connectivity index (χ0n) is 15.8. The molecule has 0 bridgehead atoms. The van der Waals surface area contributed by atoms with Crippen LogP contribution in [-0.2, 0) is 17.8 Å². The number of hydrogen-bond donors (Lipinski definition) is 0. The van der Waals surface area contributed by atoms with Gasteiger partial charge in [0, 0.05) is 17.9 Å². The molecule has 0 fully saturated rings. The lowest BCUT2D eigenvalue weighted by Crippen LogP contribution is -2.15. The number of hydrogen-bond acceptors (Lipinski definition) is 2. The van der Waals surface area contributed by atoms with Crippen molar-refractivity contribution in [2.45, 2.75) is 54.1 Å². The van der Waals surface area contributed by atoms with Gasteiger partial charge in [-0.3, -0.25) is 4.79 Å². The van der Waals surface area contributed by atoms with E-state index in [-0.39, 0.29) is 11.2 Å². The smallest absolute Gasteiger partial charge is 0.137 e. The molecule has 2 aromatic rings. The molecule has 0 unspecified atom stereocenters. The van der Waals surface area contributed by atoms with Gasteiger partial charge in [0.1, 0.15) is 18.1 Å². The molecule has 134 valence electrons. The van der Waals surface area contributed by atoms with Crippen molar-refractivity contribution in [1.29, 1.82) is 0 Å². The first-order valence-electron chi connectivity index (χ1n) is 8.63. The van der Waals surface area contributed by atoms with Crippen LogP contribution in [-0.4, -0.2) is 5.78 Å². The van der Waals surface area contributed by atoms with Crippen LogP contribution in [0.3, 0.4) is 0 Å². The van der Waals surface area contributed by atoms with Gasteiger partial charge in [-0.25, -0.2) is 0 Å². The molecule has 0 aliphatic rings. The van der Waals surface area contributed by atoms with Gasteiger partial charge in [0.2, 0.25) is 0 Å². The van der Waals surface area contributed by atoms with Crippen molar-refractivity contribution in [3.63, 3.8) is 0 Å². The maximum absolute atomic E-state index is 12.3. The van der Waals surface area contributed by atoms with E-state index in [1.807, 2.05) is 50.2 Å². The summed E-state index contributed by atoms with van der Waals surface area (Å²) >= 11 is 6.00. The van der Waals surface area contributed by atoms with Crippen molar-refractivity contribution in [2.75, 3.05) is 0 Å². The number of aryl methyl sites for hydroxylation is 2. The lowest BCUT2D eigenvalue weighted by Gasteiger charge is -2.18. The van der Waals surface area contributed by atoms with E-state index in [9.17, 15) is 4.79 Å². The number of rotatable bonds is 6. The van der Waals surface area contributed by atoms with Crippen LogP contribution in [0, 0.1) is 19.3 Å². The third-order valence-electron chi connectivity index (χ3n) is 4.07. The highest BCUT2D eigenvalue weighted by Gasteiger charge is 2.18. The molecule has 2 aromatic carbocycles. The molecule has 3 heteroatoms. The van der Waals surface area contributed by atoms with Crippen molar-refractivity contribution >= 4 is 17.4 Å². The quantitative estimate of drug-likeness (QED) is 0.625. The Bertz CT molecular complexity index is 734. The summed E-state index contributed by atoms with van der Waals surface area (Å²) < 4.78 is 5.91. The largest absolute Gasteiger partial charge is 0.489 e. The Morgan fingerprint density at radius 2 is 1.72 bits per heavy atom. The number of halogens is 1. The monoisotopic (exact) mass is 358 g/mol. The summed E-state index contributed by atoms with van der Waals surface area (Å²) in [5.74, 6) is 1.10. The van der Waals surface area contributed by atoms with E-state index in [4.69, 9.17) is 16.3 Å². The molecule has 0 radical (unpaired) electrons. The Balaban J connectivity index is 2.07. The van der Waals surface area contributed by atoms with Crippen LogP contribution in [0.4, 0.5) is 0 Å². The standard InChI is InChI=1S/C22H27ClO2/c1-15-9-20(25-14-17-7-6-8-18(23)11-17)10-16(2)21(15)12-19(24)13-22(3,4)5/h6-11H,12-14H2,1-5H3. The third-order valence-corrected chi connectivity index (χ3v) is 4.30. The van der Waals surface area contributed by atoms with Crippen LogP contribution in [0.1, 0.15) is 49.4 Å². The zero-order valence-corrected chi connectivity index (χ0v) is 16.5. The average Bonchev–Trinajstić information content (AvgIpc) is 2.47. The van der Waals surface area contributed by atoms with Gasteiger partial charge < -0.3 is 4.74 Å². The van der Waals surface area contributed by atoms with E-state index in [1.165, 1.54) is 0 Å². The fourth-order valence-electron chi connectivity index (χ4n) is 2.96.